The van der Waals surface area contributed by atoms with Gasteiger partial charge in [0.25, 0.3) is 0 Å². The molecule has 0 amide bonds. The number of halogens is 1. The van der Waals surface area contributed by atoms with Gasteiger partial charge in [-0.1, -0.05) is 0 Å². The number of carboxylic acid groups (broad SMARTS) is 1. The quantitative estimate of drug-likeness (QED) is 0.892. The Bertz CT molecular complexity index is 617. The van der Waals surface area contributed by atoms with Crippen LogP contribution in [0.3, 0.4) is 0 Å². The Morgan fingerprint density at radius 3 is 2.53 bits per heavy atom. The van der Waals surface area contributed by atoms with Crippen LogP contribution in [0.4, 0.5) is 4.39 Å². The van der Waals surface area contributed by atoms with Gasteiger partial charge in [0.15, 0.2) is 0 Å². The molecule has 2 N–H and O–H groups in total. The summed E-state index contributed by atoms with van der Waals surface area (Å²) in [7, 11) is 1.43. The topological polar surface area (TPSA) is 66.8 Å². The number of phenols is 1. The summed E-state index contributed by atoms with van der Waals surface area (Å²) in [5.74, 6) is -1.66. The number of carbonyl (C=O) groups is 1. The minimum Gasteiger partial charge on any atom is -0.508 e. The van der Waals surface area contributed by atoms with Crippen LogP contribution in [0, 0.1) is 5.82 Å². The second kappa shape index (κ2) is 4.97. The lowest BCUT2D eigenvalue weighted by Gasteiger charge is -2.09. The summed E-state index contributed by atoms with van der Waals surface area (Å²) in [5.41, 5.74) is 0.574. The summed E-state index contributed by atoms with van der Waals surface area (Å²) < 4.78 is 18.2. The Labute approximate surface area is 108 Å². The van der Waals surface area contributed by atoms with E-state index in [1.807, 2.05) is 0 Å². The van der Waals surface area contributed by atoms with Gasteiger partial charge >= 0.3 is 5.97 Å². The molecule has 0 heterocycles. The van der Waals surface area contributed by atoms with Crippen LogP contribution in [0.5, 0.6) is 11.5 Å². The summed E-state index contributed by atoms with van der Waals surface area (Å²) >= 11 is 0. The van der Waals surface area contributed by atoms with E-state index < -0.39 is 11.8 Å². The Hall–Kier alpha value is -2.56. The molecule has 2 aromatic carbocycles. The van der Waals surface area contributed by atoms with Crippen LogP contribution in [0.25, 0.3) is 11.1 Å². The fourth-order valence-electron chi connectivity index (χ4n) is 1.81. The Kier molecular flexibility index (Phi) is 3.37. The maximum atomic E-state index is 13.3. The average Bonchev–Trinajstić information content (AvgIpc) is 2.36. The lowest BCUT2D eigenvalue weighted by molar-refractivity contribution is 0.0697. The van der Waals surface area contributed by atoms with Crippen molar-refractivity contribution in [2.75, 3.05) is 7.11 Å². The van der Waals surface area contributed by atoms with Crippen LogP contribution >= 0.6 is 0 Å². The molecule has 0 aliphatic heterocycles. The number of carboxylic acids is 1. The Balaban J connectivity index is 2.64. The van der Waals surface area contributed by atoms with Gasteiger partial charge in [-0.05, 0) is 41.5 Å². The van der Waals surface area contributed by atoms with E-state index in [9.17, 15) is 19.4 Å². The molecule has 0 saturated carbocycles. The van der Waals surface area contributed by atoms with Crippen LogP contribution in [0.15, 0.2) is 36.4 Å². The van der Waals surface area contributed by atoms with Crippen LogP contribution < -0.4 is 4.74 Å². The van der Waals surface area contributed by atoms with Crippen molar-refractivity contribution in [2.45, 2.75) is 0 Å². The van der Waals surface area contributed by atoms with Gasteiger partial charge in [0.2, 0.25) is 0 Å². The number of benzene rings is 2. The summed E-state index contributed by atoms with van der Waals surface area (Å²) in [4.78, 5) is 11.2. The van der Waals surface area contributed by atoms with Crippen LogP contribution in [-0.2, 0) is 0 Å². The molecule has 0 saturated heterocycles. The predicted octanol–water partition coefficient (Wildman–Crippen LogP) is 2.91. The van der Waals surface area contributed by atoms with Crippen molar-refractivity contribution in [3.05, 3.63) is 47.8 Å². The molecule has 0 bridgehead atoms. The second-order valence-electron chi connectivity index (χ2n) is 3.91. The molecule has 5 heteroatoms. The first-order chi connectivity index (χ1) is 9.01. The highest BCUT2D eigenvalue weighted by Crippen LogP contribution is 2.30. The fourth-order valence-corrected chi connectivity index (χ4v) is 1.81. The molecule has 2 aromatic rings. The molecule has 0 fully saturated rings. The van der Waals surface area contributed by atoms with Crippen molar-refractivity contribution in [1.29, 1.82) is 0 Å². The lowest BCUT2D eigenvalue weighted by atomic mass is 9.99. The minimum absolute atomic E-state index is 0.0237. The molecule has 0 radical (unpaired) electrons. The van der Waals surface area contributed by atoms with Gasteiger partial charge in [-0.25, -0.2) is 9.18 Å². The fraction of sp³-hybridized carbons (Fsp3) is 0.0714. The number of aromatic hydroxyl groups is 1. The molecule has 0 aromatic heterocycles. The van der Waals surface area contributed by atoms with E-state index in [-0.39, 0.29) is 16.9 Å². The van der Waals surface area contributed by atoms with E-state index in [4.69, 9.17) is 4.74 Å². The largest absolute Gasteiger partial charge is 0.508 e. The number of hydrogen-bond donors (Lipinski definition) is 2. The zero-order valence-corrected chi connectivity index (χ0v) is 10.1. The molecule has 0 unspecified atom stereocenters. The zero-order chi connectivity index (χ0) is 14.0. The van der Waals surface area contributed by atoms with E-state index in [0.29, 0.717) is 11.3 Å². The highest BCUT2D eigenvalue weighted by atomic mass is 19.1. The van der Waals surface area contributed by atoms with E-state index in [1.165, 1.54) is 25.3 Å². The maximum Gasteiger partial charge on any atom is 0.336 e. The smallest absolute Gasteiger partial charge is 0.336 e. The van der Waals surface area contributed by atoms with Crippen molar-refractivity contribution >= 4 is 5.97 Å². The number of hydrogen-bond acceptors (Lipinski definition) is 3. The van der Waals surface area contributed by atoms with E-state index in [0.717, 1.165) is 12.1 Å². The van der Waals surface area contributed by atoms with Crippen molar-refractivity contribution in [1.82, 2.24) is 0 Å². The Morgan fingerprint density at radius 1 is 1.21 bits per heavy atom. The summed E-state index contributed by atoms with van der Waals surface area (Å²) in [6, 6.07) is 7.85. The standard InChI is InChI=1S/C14H11FO4/c1-19-11-2-3-12(13(7-11)14(17)18)8-4-9(15)6-10(16)5-8/h2-7,16H,1H3,(H,17,18). The number of aromatic carboxylic acids is 1. The summed E-state index contributed by atoms with van der Waals surface area (Å²) in [6.07, 6.45) is 0. The second-order valence-corrected chi connectivity index (χ2v) is 3.91. The first kappa shape index (κ1) is 12.9. The molecule has 4 nitrogen and oxygen atoms in total. The minimum atomic E-state index is -1.15. The summed E-state index contributed by atoms with van der Waals surface area (Å²) in [6.45, 7) is 0. The predicted molar refractivity (Wildman–Crippen MR) is 67.0 cm³/mol. The van der Waals surface area contributed by atoms with E-state index in [1.54, 1.807) is 6.07 Å². The van der Waals surface area contributed by atoms with E-state index in [2.05, 4.69) is 0 Å². The first-order valence-electron chi connectivity index (χ1n) is 5.42. The number of phenolic OH excluding ortho intramolecular Hbond substituents is 1. The molecule has 0 aliphatic rings. The number of methoxy groups -OCH3 is 1. The van der Waals surface area contributed by atoms with E-state index >= 15 is 0 Å². The van der Waals surface area contributed by atoms with Gasteiger partial charge in [-0.15, -0.1) is 0 Å². The third kappa shape index (κ3) is 2.65. The highest BCUT2D eigenvalue weighted by molar-refractivity contribution is 5.96. The highest BCUT2D eigenvalue weighted by Gasteiger charge is 2.14. The maximum absolute atomic E-state index is 13.3. The van der Waals surface area contributed by atoms with Crippen LogP contribution in [-0.4, -0.2) is 23.3 Å². The molecule has 0 aliphatic carbocycles. The van der Waals surface area contributed by atoms with Gasteiger partial charge < -0.3 is 14.9 Å². The zero-order valence-electron chi connectivity index (χ0n) is 10.1. The summed E-state index contributed by atoms with van der Waals surface area (Å²) in [5, 5.41) is 18.5. The van der Waals surface area contributed by atoms with Crippen molar-refractivity contribution in [3.63, 3.8) is 0 Å². The van der Waals surface area contributed by atoms with Crippen LogP contribution in [0.2, 0.25) is 0 Å². The van der Waals surface area contributed by atoms with Gasteiger partial charge in [-0.2, -0.15) is 0 Å². The number of ether oxygens (including phenoxy) is 1. The molecular formula is C14H11FO4. The molecule has 2 rings (SSSR count). The average molecular weight is 262 g/mol. The number of rotatable bonds is 3. The van der Waals surface area contributed by atoms with Gasteiger partial charge in [-0.3, -0.25) is 0 Å². The first-order valence-corrected chi connectivity index (χ1v) is 5.42. The monoisotopic (exact) mass is 262 g/mol. The Morgan fingerprint density at radius 2 is 1.95 bits per heavy atom. The van der Waals surface area contributed by atoms with Crippen molar-refractivity contribution < 1.29 is 24.1 Å². The molecule has 19 heavy (non-hydrogen) atoms. The van der Waals surface area contributed by atoms with Crippen LogP contribution in [0.1, 0.15) is 10.4 Å². The van der Waals surface area contributed by atoms with Crippen molar-refractivity contribution in [2.24, 2.45) is 0 Å². The molecule has 0 atom stereocenters. The van der Waals surface area contributed by atoms with Gasteiger partial charge in [0.1, 0.15) is 17.3 Å². The van der Waals surface area contributed by atoms with Gasteiger partial charge in [0.05, 0.1) is 12.7 Å². The SMILES string of the molecule is COc1ccc(-c2cc(O)cc(F)c2)c(C(=O)O)c1. The molecule has 0 spiro atoms. The molecule has 98 valence electrons. The third-order valence-electron chi connectivity index (χ3n) is 2.65. The van der Waals surface area contributed by atoms with Crippen molar-refractivity contribution in [3.8, 4) is 22.6 Å². The normalized spacial score (nSPS) is 10.2. The lowest BCUT2D eigenvalue weighted by Crippen LogP contribution is -2.00. The third-order valence-corrected chi connectivity index (χ3v) is 2.65. The van der Waals surface area contributed by atoms with Gasteiger partial charge in [0, 0.05) is 6.07 Å². The molecular weight excluding hydrogens is 251 g/mol.